The van der Waals surface area contributed by atoms with Gasteiger partial charge in [0.25, 0.3) is 0 Å². The first kappa shape index (κ1) is 29.5. The van der Waals surface area contributed by atoms with E-state index in [0.717, 1.165) is 57.0 Å². The number of aromatic nitrogens is 3. The topological polar surface area (TPSA) is 75.6 Å². The molecule has 6 aromatic carbocycles. The van der Waals surface area contributed by atoms with E-state index < -0.39 is 0 Å². The van der Waals surface area contributed by atoms with Gasteiger partial charge in [-0.1, -0.05) is 116 Å². The zero-order valence-electron chi connectivity index (χ0n) is 27.9. The summed E-state index contributed by atoms with van der Waals surface area (Å²) in [6, 6.07) is 48.4. The summed E-state index contributed by atoms with van der Waals surface area (Å²) in [5.41, 5.74) is 12.5. The van der Waals surface area contributed by atoms with Gasteiger partial charge in [-0.25, -0.2) is 15.0 Å². The average molecular weight is 657 g/mol. The zero-order chi connectivity index (χ0) is 33.9. The fraction of sp³-hybridized carbons (Fsp3) is 0.130. The maximum atomic E-state index is 9.89. The van der Waals surface area contributed by atoms with Gasteiger partial charge in [0.05, 0.1) is 11.6 Å². The van der Waals surface area contributed by atoms with Crippen molar-refractivity contribution in [3.05, 3.63) is 150 Å². The zero-order valence-corrected chi connectivity index (χ0v) is 27.9. The van der Waals surface area contributed by atoms with Crippen LogP contribution >= 0.6 is 0 Å². The Morgan fingerprint density at radius 1 is 0.510 bits per heavy atom. The van der Waals surface area contributed by atoms with E-state index in [0.29, 0.717) is 23.0 Å². The van der Waals surface area contributed by atoms with Gasteiger partial charge in [0, 0.05) is 32.9 Å². The molecule has 2 aliphatic rings. The highest BCUT2D eigenvalue weighted by atomic mass is 16.3. The molecule has 8 aromatic rings. The van der Waals surface area contributed by atoms with Gasteiger partial charge in [-0.3, -0.25) is 0 Å². The van der Waals surface area contributed by atoms with E-state index in [1.54, 1.807) is 0 Å². The lowest BCUT2D eigenvalue weighted by atomic mass is 9.67. The molecule has 0 atom stereocenters. The summed E-state index contributed by atoms with van der Waals surface area (Å²) in [4.78, 5) is 15.1. The molecule has 1 fully saturated rings. The fourth-order valence-electron chi connectivity index (χ4n) is 8.60. The number of hydrogen-bond donors (Lipinski definition) is 0. The Morgan fingerprint density at radius 3 is 2.02 bits per heavy atom. The number of fused-ring (bicyclic) bond motifs is 8. The van der Waals surface area contributed by atoms with Crippen LogP contribution in [0.4, 0.5) is 0 Å². The number of para-hydroxylation sites is 1. The molecule has 0 bridgehead atoms. The van der Waals surface area contributed by atoms with E-state index in [1.807, 2.05) is 60.7 Å². The van der Waals surface area contributed by atoms with Crippen molar-refractivity contribution in [2.45, 2.75) is 37.5 Å². The molecule has 0 unspecified atom stereocenters. The summed E-state index contributed by atoms with van der Waals surface area (Å²) >= 11 is 0. The second-order valence-electron chi connectivity index (χ2n) is 13.8. The van der Waals surface area contributed by atoms with Crippen molar-refractivity contribution in [1.82, 2.24) is 15.0 Å². The maximum absolute atomic E-state index is 9.89. The summed E-state index contributed by atoms with van der Waals surface area (Å²) in [7, 11) is 0. The SMILES string of the molecule is N#Cc1ccc2c(c1)-c1c(-c3cccc(-c4nc(-c5ccccc5)nc(-c5ccc6c(c5)oc5ccccc56)n4)c3)cccc1C21CCCCC1. The Morgan fingerprint density at radius 2 is 1.20 bits per heavy atom. The second-order valence-corrected chi connectivity index (χ2v) is 13.8. The van der Waals surface area contributed by atoms with Crippen LogP contribution in [0.25, 0.3) is 78.4 Å². The number of nitrogens with zero attached hydrogens (tertiary/aromatic N) is 4. The Kier molecular flexibility index (Phi) is 6.72. The molecule has 5 heteroatoms. The molecule has 1 saturated carbocycles. The van der Waals surface area contributed by atoms with E-state index in [-0.39, 0.29) is 5.41 Å². The second kappa shape index (κ2) is 11.6. The number of rotatable bonds is 4. The van der Waals surface area contributed by atoms with Gasteiger partial charge in [0.1, 0.15) is 11.2 Å². The lowest BCUT2D eigenvalue weighted by Gasteiger charge is -2.36. The summed E-state index contributed by atoms with van der Waals surface area (Å²) in [5, 5.41) is 12.0. The monoisotopic (exact) mass is 656 g/mol. The highest BCUT2D eigenvalue weighted by molar-refractivity contribution is 6.05. The van der Waals surface area contributed by atoms with Crippen LogP contribution in [0.5, 0.6) is 0 Å². The lowest BCUT2D eigenvalue weighted by molar-refractivity contribution is 0.353. The third-order valence-corrected chi connectivity index (χ3v) is 11.0. The number of benzene rings is 6. The first-order valence-corrected chi connectivity index (χ1v) is 17.7. The average Bonchev–Trinajstić information content (AvgIpc) is 3.70. The molecular weight excluding hydrogens is 625 g/mol. The van der Waals surface area contributed by atoms with Crippen LogP contribution in [0.3, 0.4) is 0 Å². The van der Waals surface area contributed by atoms with Crippen LogP contribution in [0.1, 0.15) is 48.8 Å². The molecular formula is C46H32N4O. The van der Waals surface area contributed by atoms with Gasteiger partial charge in [-0.15, -0.1) is 0 Å². The van der Waals surface area contributed by atoms with E-state index >= 15 is 0 Å². The minimum absolute atomic E-state index is 0.000830. The molecule has 0 aliphatic heterocycles. The third kappa shape index (κ3) is 4.71. The molecule has 10 rings (SSSR count). The summed E-state index contributed by atoms with van der Waals surface area (Å²) in [5.74, 6) is 1.81. The van der Waals surface area contributed by atoms with E-state index in [2.05, 4.69) is 78.9 Å². The summed E-state index contributed by atoms with van der Waals surface area (Å²) < 4.78 is 6.24. The quantitative estimate of drug-likeness (QED) is 0.188. The molecule has 242 valence electrons. The number of nitriles is 1. The molecule has 5 nitrogen and oxygen atoms in total. The van der Waals surface area contributed by atoms with E-state index in [4.69, 9.17) is 19.4 Å². The Labute approximate surface area is 295 Å². The maximum Gasteiger partial charge on any atom is 0.164 e. The van der Waals surface area contributed by atoms with Crippen molar-refractivity contribution in [2.75, 3.05) is 0 Å². The molecule has 1 spiro atoms. The molecule has 51 heavy (non-hydrogen) atoms. The number of hydrogen-bond acceptors (Lipinski definition) is 5. The predicted octanol–water partition coefficient (Wildman–Crippen LogP) is 11.5. The first-order valence-electron chi connectivity index (χ1n) is 17.7. The van der Waals surface area contributed by atoms with Gasteiger partial charge in [-0.2, -0.15) is 5.26 Å². The molecule has 0 N–H and O–H groups in total. The van der Waals surface area contributed by atoms with E-state index in [1.165, 1.54) is 47.1 Å². The van der Waals surface area contributed by atoms with E-state index in [9.17, 15) is 5.26 Å². The highest BCUT2D eigenvalue weighted by Crippen LogP contribution is 2.58. The van der Waals surface area contributed by atoms with Crippen LogP contribution in [0.2, 0.25) is 0 Å². The van der Waals surface area contributed by atoms with Crippen LogP contribution < -0.4 is 0 Å². The Balaban J connectivity index is 1.13. The summed E-state index contributed by atoms with van der Waals surface area (Å²) in [6.07, 6.45) is 5.98. The van der Waals surface area contributed by atoms with Crippen LogP contribution in [-0.2, 0) is 5.41 Å². The fourth-order valence-corrected chi connectivity index (χ4v) is 8.60. The molecule has 2 aromatic heterocycles. The Hall–Kier alpha value is -6.38. The van der Waals surface area contributed by atoms with Crippen molar-refractivity contribution in [3.63, 3.8) is 0 Å². The largest absolute Gasteiger partial charge is 0.456 e. The van der Waals surface area contributed by atoms with Crippen LogP contribution in [0.15, 0.2) is 138 Å². The minimum atomic E-state index is -0.000830. The lowest BCUT2D eigenvalue weighted by Crippen LogP contribution is -2.28. The number of furan rings is 1. The Bertz CT molecular complexity index is 2700. The van der Waals surface area contributed by atoms with Gasteiger partial charge in [0.15, 0.2) is 17.5 Å². The minimum Gasteiger partial charge on any atom is -0.456 e. The smallest absolute Gasteiger partial charge is 0.164 e. The predicted molar refractivity (Wildman–Crippen MR) is 203 cm³/mol. The van der Waals surface area contributed by atoms with Crippen molar-refractivity contribution in [1.29, 1.82) is 5.26 Å². The van der Waals surface area contributed by atoms with Crippen LogP contribution in [-0.4, -0.2) is 15.0 Å². The highest BCUT2D eigenvalue weighted by Gasteiger charge is 2.44. The first-order chi connectivity index (χ1) is 25.2. The van der Waals surface area contributed by atoms with Crippen molar-refractivity contribution in [2.24, 2.45) is 0 Å². The molecule has 2 heterocycles. The molecule has 0 radical (unpaired) electrons. The third-order valence-electron chi connectivity index (χ3n) is 11.0. The van der Waals surface area contributed by atoms with Crippen molar-refractivity contribution >= 4 is 21.9 Å². The van der Waals surface area contributed by atoms with Gasteiger partial charge >= 0.3 is 0 Å². The molecule has 0 saturated heterocycles. The standard InChI is InChI=1S/C46H32N4O/c47-28-29-19-22-38-37(25-29)42-34(16-10-17-39(42)46(38)23-7-2-8-24-46)31-13-9-14-32(26-31)44-48-43(30-11-3-1-4-12-30)49-45(50-44)33-20-21-36-35-15-5-6-18-40(35)51-41(36)27-33/h1,3-6,9-22,25-27H,2,7-8,23-24H2. The molecule has 2 aliphatic carbocycles. The van der Waals surface area contributed by atoms with Crippen molar-refractivity contribution in [3.8, 4) is 62.5 Å². The van der Waals surface area contributed by atoms with Gasteiger partial charge in [0.2, 0.25) is 0 Å². The van der Waals surface area contributed by atoms with Gasteiger partial charge in [-0.05, 0) is 82.6 Å². The van der Waals surface area contributed by atoms with Crippen molar-refractivity contribution < 1.29 is 4.42 Å². The molecule has 0 amide bonds. The normalized spacial score (nSPS) is 14.4. The summed E-state index contributed by atoms with van der Waals surface area (Å²) in [6.45, 7) is 0. The van der Waals surface area contributed by atoms with Gasteiger partial charge < -0.3 is 4.42 Å². The van der Waals surface area contributed by atoms with Crippen LogP contribution in [0, 0.1) is 11.3 Å².